The van der Waals surface area contributed by atoms with Gasteiger partial charge in [0.1, 0.15) is 17.8 Å². The van der Waals surface area contributed by atoms with Gasteiger partial charge in [-0.25, -0.2) is 8.78 Å². The highest BCUT2D eigenvalue weighted by Gasteiger charge is 2.43. The van der Waals surface area contributed by atoms with Crippen LogP contribution in [0.25, 0.3) is 0 Å². The van der Waals surface area contributed by atoms with Crippen LogP contribution in [0.15, 0.2) is 18.2 Å². The van der Waals surface area contributed by atoms with Gasteiger partial charge in [-0.05, 0) is 44.7 Å². The molecule has 1 aliphatic carbocycles. The van der Waals surface area contributed by atoms with Crippen molar-refractivity contribution in [2.75, 3.05) is 0 Å². The lowest BCUT2D eigenvalue weighted by Gasteiger charge is -2.40. The first-order chi connectivity index (χ1) is 9.99. The number of carbonyl (C=O) groups excluding carboxylic acids is 1. The number of nitrogens with one attached hydrogen (secondary N) is 1. The SMILES string of the molecule is CC1NC(c2ccc(F)cc2F)N(C(C)C2CCC2)C1=O. The number of nitrogens with zero attached hydrogens (tertiary/aromatic N) is 1. The molecule has 3 unspecified atom stereocenters. The third kappa shape index (κ3) is 2.44. The fraction of sp³-hybridized carbons (Fsp3) is 0.562. The summed E-state index contributed by atoms with van der Waals surface area (Å²) in [6, 6.07) is 3.25. The van der Waals surface area contributed by atoms with Crippen LogP contribution in [0.1, 0.15) is 44.8 Å². The second-order valence-electron chi connectivity index (χ2n) is 6.13. The van der Waals surface area contributed by atoms with Gasteiger partial charge in [-0.2, -0.15) is 0 Å². The Labute approximate surface area is 123 Å². The van der Waals surface area contributed by atoms with Gasteiger partial charge in [0.05, 0.1) is 6.04 Å². The van der Waals surface area contributed by atoms with E-state index in [0.29, 0.717) is 11.5 Å². The highest BCUT2D eigenvalue weighted by atomic mass is 19.1. The number of rotatable bonds is 3. The molecule has 1 N–H and O–H groups in total. The molecule has 0 radical (unpaired) electrons. The summed E-state index contributed by atoms with van der Waals surface area (Å²) in [4.78, 5) is 14.2. The second-order valence-corrected chi connectivity index (χ2v) is 6.13. The minimum absolute atomic E-state index is 0.0110. The maximum absolute atomic E-state index is 14.1. The van der Waals surface area contributed by atoms with E-state index < -0.39 is 17.8 Å². The predicted molar refractivity (Wildman–Crippen MR) is 75.3 cm³/mol. The van der Waals surface area contributed by atoms with Crippen LogP contribution >= 0.6 is 0 Å². The van der Waals surface area contributed by atoms with Crippen LogP contribution in [0.5, 0.6) is 0 Å². The highest BCUT2D eigenvalue weighted by Crippen LogP contribution is 2.37. The van der Waals surface area contributed by atoms with E-state index in [2.05, 4.69) is 5.32 Å². The molecule has 1 aromatic carbocycles. The lowest BCUT2D eigenvalue weighted by molar-refractivity contribution is -0.133. The fourth-order valence-corrected chi connectivity index (χ4v) is 3.29. The molecule has 2 fully saturated rings. The molecular formula is C16H20F2N2O. The standard InChI is InChI=1S/C16H20F2N2O/c1-9-16(21)20(10(2)11-4-3-5-11)15(19-9)13-7-6-12(17)8-14(13)18/h6-11,15,19H,3-5H2,1-2H3. The molecule has 1 heterocycles. The van der Waals surface area contributed by atoms with E-state index in [1.807, 2.05) is 6.92 Å². The van der Waals surface area contributed by atoms with Crippen LogP contribution in [0.2, 0.25) is 0 Å². The third-order valence-corrected chi connectivity index (χ3v) is 4.84. The molecule has 2 aliphatic rings. The Morgan fingerprint density at radius 1 is 1.33 bits per heavy atom. The third-order valence-electron chi connectivity index (χ3n) is 4.84. The van der Waals surface area contributed by atoms with Crippen molar-refractivity contribution < 1.29 is 13.6 Å². The number of hydrogen-bond donors (Lipinski definition) is 1. The smallest absolute Gasteiger partial charge is 0.241 e. The minimum Gasteiger partial charge on any atom is -0.318 e. The average Bonchev–Trinajstić information content (AvgIpc) is 2.63. The topological polar surface area (TPSA) is 32.3 Å². The van der Waals surface area contributed by atoms with Gasteiger partial charge in [-0.15, -0.1) is 0 Å². The monoisotopic (exact) mass is 294 g/mol. The summed E-state index contributed by atoms with van der Waals surface area (Å²) in [5.41, 5.74) is 0.334. The molecular weight excluding hydrogens is 274 g/mol. The van der Waals surface area contributed by atoms with Crippen LogP contribution in [0.4, 0.5) is 8.78 Å². The number of halogens is 2. The molecule has 1 aromatic rings. The predicted octanol–water partition coefficient (Wildman–Crippen LogP) is 2.97. The minimum atomic E-state index is -0.611. The molecule has 0 spiro atoms. The fourth-order valence-electron chi connectivity index (χ4n) is 3.29. The van der Waals surface area contributed by atoms with E-state index in [9.17, 15) is 13.6 Å². The Bertz CT molecular complexity index is 559. The zero-order chi connectivity index (χ0) is 15.1. The van der Waals surface area contributed by atoms with Crippen molar-refractivity contribution >= 4 is 5.91 Å². The lowest BCUT2D eigenvalue weighted by Crippen LogP contribution is -2.44. The lowest BCUT2D eigenvalue weighted by atomic mass is 9.79. The van der Waals surface area contributed by atoms with E-state index in [-0.39, 0.29) is 18.0 Å². The molecule has 1 aliphatic heterocycles. The van der Waals surface area contributed by atoms with E-state index >= 15 is 0 Å². The molecule has 0 bridgehead atoms. The van der Waals surface area contributed by atoms with E-state index in [0.717, 1.165) is 18.9 Å². The van der Waals surface area contributed by atoms with E-state index in [1.165, 1.54) is 18.6 Å². The van der Waals surface area contributed by atoms with Crippen LogP contribution in [0, 0.1) is 17.6 Å². The molecule has 3 nitrogen and oxygen atoms in total. The Hall–Kier alpha value is -1.49. The van der Waals surface area contributed by atoms with Gasteiger partial charge in [-0.3, -0.25) is 10.1 Å². The normalized spacial score (nSPS) is 27.8. The van der Waals surface area contributed by atoms with Gasteiger partial charge in [-0.1, -0.05) is 6.42 Å². The second kappa shape index (κ2) is 5.37. The molecule has 0 aromatic heterocycles. The van der Waals surface area contributed by atoms with E-state index in [4.69, 9.17) is 0 Å². The summed E-state index contributed by atoms with van der Waals surface area (Å²) in [6.07, 6.45) is 2.90. The van der Waals surface area contributed by atoms with Crippen molar-refractivity contribution in [3.05, 3.63) is 35.4 Å². The maximum Gasteiger partial charge on any atom is 0.241 e. The van der Waals surface area contributed by atoms with Crippen molar-refractivity contribution in [3.8, 4) is 0 Å². The van der Waals surface area contributed by atoms with Crippen LogP contribution in [-0.2, 0) is 4.79 Å². The summed E-state index contributed by atoms with van der Waals surface area (Å²) in [5.74, 6) is -0.748. The van der Waals surface area contributed by atoms with Gasteiger partial charge in [0, 0.05) is 17.7 Å². The zero-order valence-corrected chi connectivity index (χ0v) is 12.3. The van der Waals surface area contributed by atoms with Gasteiger partial charge in [0.15, 0.2) is 0 Å². The molecule has 21 heavy (non-hydrogen) atoms. The molecule has 1 saturated carbocycles. The summed E-state index contributed by atoms with van der Waals surface area (Å²) < 4.78 is 27.2. The van der Waals surface area contributed by atoms with Crippen LogP contribution < -0.4 is 5.32 Å². The first-order valence-corrected chi connectivity index (χ1v) is 7.52. The quantitative estimate of drug-likeness (QED) is 0.929. The Kier molecular flexibility index (Phi) is 3.69. The van der Waals surface area contributed by atoms with Gasteiger partial charge in [0.25, 0.3) is 0 Å². The molecule has 114 valence electrons. The summed E-state index contributed by atoms with van der Waals surface area (Å²) in [5, 5.41) is 3.13. The van der Waals surface area contributed by atoms with E-state index in [1.54, 1.807) is 11.8 Å². The van der Waals surface area contributed by atoms with Gasteiger partial charge >= 0.3 is 0 Å². The first-order valence-electron chi connectivity index (χ1n) is 7.52. The van der Waals surface area contributed by atoms with Crippen molar-refractivity contribution in [1.29, 1.82) is 0 Å². The van der Waals surface area contributed by atoms with Gasteiger partial charge in [0.2, 0.25) is 5.91 Å². The van der Waals surface area contributed by atoms with Crippen molar-refractivity contribution in [2.24, 2.45) is 5.92 Å². The summed E-state index contributed by atoms with van der Waals surface area (Å²) >= 11 is 0. The Balaban J connectivity index is 1.92. The Morgan fingerprint density at radius 3 is 2.62 bits per heavy atom. The maximum atomic E-state index is 14.1. The molecule has 3 rings (SSSR count). The largest absolute Gasteiger partial charge is 0.318 e. The van der Waals surface area contributed by atoms with Crippen LogP contribution in [0.3, 0.4) is 0 Å². The first kappa shape index (κ1) is 14.4. The number of hydrogen-bond acceptors (Lipinski definition) is 2. The summed E-state index contributed by atoms with van der Waals surface area (Å²) in [7, 11) is 0. The number of amides is 1. The van der Waals surface area contributed by atoms with Crippen molar-refractivity contribution in [3.63, 3.8) is 0 Å². The summed E-state index contributed by atoms with van der Waals surface area (Å²) in [6.45, 7) is 3.81. The van der Waals surface area contributed by atoms with Gasteiger partial charge < -0.3 is 4.90 Å². The molecule has 1 saturated heterocycles. The molecule has 1 amide bonds. The van der Waals surface area contributed by atoms with Crippen molar-refractivity contribution in [2.45, 2.75) is 51.4 Å². The zero-order valence-electron chi connectivity index (χ0n) is 12.3. The molecule has 5 heteroatoms. The highest BCUT2D eigenvalue weighted by molar-refractivity contribution is 5.84. The molecule has 3 atom stereocenters. The number of benzene rings is 1. The van der Waals surface area contributed by atoms with Crippen molar-refractivity contribution in [1.82, 2.24) is 10.2 Å². The average molecular weight is 294 g/mol. The number of carbonyl (C=O) groups is 1. The van der Waals surface area contributed by atoms with Crippen LogP contribution in [-0.4, -0.2) is 22.9 Å². The Morgan fingerprint density at radius 2 is 2.05 bits per heavy atom.